The Morgan fingerprint density at radius 2 is 1.69 bits per heavy atom. The Morgan fingerprint density at radius 1 is 1.19 bits per heavy atom. The molecule has 1 heterocycles. The zero-order chi connectivity index (χ0) is 12.0. The lowest BCUT2D eigenvalue weighted by Crippen LogP contribution is -2.21. The standard InChI is InChI=1S/C7H12O2.C3H10O3Si/c1-5-2-7(5)9-4-6-3-8-6;1-4-7(5-2)6-3/h5-7H,2-4H2,1H3;7H,1-3H3. The van der Waals surface area contributed by atoms with E-state index in [0.717, 1.165) is 19.1 Å². The molecule has 6 heteroatoms. The smallest absolute Gasteiger partial charge is 0.379 e. The Morgan fingerprint density at radius 3 is 1.94 bits per heavy atom. The van der Waals surface area contributed by atoms with Crippen LogP contribution >= 0.6 is 0 Å². The van der Waals surface area contributed by atoms with Gasteiger partial charge >= 0.3 is 9.53 Å². The van der Waals surface area contributed by atoms with Gasteiger partial charge in [0.2, 0.25) is 0 Å². The molecule has 2 aliphatic rings. The van der Waals surface area contributed by atoms with Gasteiger partial charge in [-0.2, -0.15) is 0 Å². The molecule has 0 spiro atoms. The Hall–Kier alpha value is 0.0169. The third-order valence-electron chi connectivity index (χ3n) is 2.51. The van der Waals surface area contributed by atoms with Gasteiger partial charge in [0.15, 0.2) is 0 Å². The van der Waals surface area contributed by atoms with E-state index in [-0.39, 0.29) is 0 Å². The third-order valence-corrected chi connectivity index (χ3v) is 3.67. The fourth-order valence-electron chi connectivity index (χ4n) is 1.20. The Kier molecular flexibility index (Phi) is 6.48. The van der Waals surface area contributed by atoms with Crippen molar-refractivity contribution in [2.45, 2.75) is 25.6 Å². The van der Waals surface area contributed by atoms with Crippen LogP contribution in [-0.4, -0.2) is 56.3 Å². The average Bonchev–Trinajstić information content (AvgIpc) is 3.17. The molecular formula is C10H22O5Si. The Bertz CT molecular complexity index is 179. The molecule has 2 fully saturated rings. The third kappa shape index (κ3) is 5.93. The molecule has 3 unspecified atom stereocenters. The van der Waals surface area contributed by atoms with Gasteiger partial charge < -0.3 is 22.8 Å². The van der Waals surface area contributed by atoms with Crippen LogP contribution in [0.5, 0.6) is 0 Å². The lowest BCUT2D eigenvalue weighted by atomic mass is 10.5. The molecule has 0 aromatic rings. The van der Waals surface area contributed by atoms with E-state index in [4.69, 9.17) is 22.8 Å². The molecule has 0 bridgehead atoms. The molecule has 0 aromatic carbocycles. The summed E-state index contributed by atoms with van der Waals surface area (Å²) in [6.45, 7) is 3.97. The lowest BCUT2D eigenvalue weighted by molar-refractivity contribution is 0.0950. The number of rotatable bonds is 6. The van der Waals surface area contributed by atoms with Crippen molar-refractivity contribution in [2.24, 2.45) is 5.92 Å². The highest BCUT2D eigenvalue weighted by molar-refractivity contribution is 6.36. The van der Waals surface area contributed by atoms with E-state index in [1.165, 1.54) is 6.42 Å². The molecule has 96 valence electrons. The molecule has 1 aliphatic carbocycles. The SMILES string of the molecule is CC1CC1OCC1CO1.CO[SiH](OC)OC. The second-order valence-electron chi connectivity index (χ2n) is 4.04. The zero-order valence-electron chi connectivity index (χ0n) is 10.5. The molecule has 2 rings (SSSR count). The molecule has 0 amide bonds. The van der Waals surface area contributed by atoms with Gasteiger partial charge in [-0.3, -0.25) is 0 Å². The molecule has 3 atom stereocenters. The van der Waals surface area contributed by atoms with Crippen LogP contribution < -0.4 is 0 Å². The van der Waals surface area contributed by atoms with Crippen molar-refractivity contribution < 1.29 is 22.8 Å². The molecule has 16 heavy (non-hydrogen) atoms. The topological polar surface area (TPSA) is 49.5 Å². The van der Waals surface area contributed by atoms with Gasteiger partial charge in [0.05, 0.1) is 19.3 Å². The molecule has 0 N–H and O–H groups in total. The van der Waals surface area contributed by atoms with Gasteiger partial charge in [-0.1, -0.05) is 6.92 Å². The van der Waals surface area contributed by atoms with Crippen LogP contribution in [0.15, 0.2) is 0 Å². The summed E-state index contributed by atoms with van der Waals surface area (Å²) in [5, 5.41) is 0. The summed E-state index contributed by atoms with van der Waals surface area (Å²) >= 11 is 0. The van der Waals surface area contributed by atoms with Crippen LogP contribution in [0.1, 0.15) is 13.3 Å². The van der Waals surface area contributed by atoms with Crippen molar-refractivity contribution in [3.8, 4) is 0 Å². The largest absolute Gasteiger partial charge is 0.483 e. The molecule has 5 nitrogen and oxygen atoms in total. The van der Waals surface area contributed by atoms with Crippen LogP contribution in [-0.2, 0) is 22.8 Å². The quantitative estimate of drug-likeness (QED) is 0.506. The summed E-state index contributed by atoms with van der Waals surface area (Å²) < 4.78 is 24.7. The molecule has 0 aromatic heterocycles. The minimum atomic E-state index is -1.67. The lowest BCUT2D eigenvalue weighted by Gasteiger charge is -2.05. The molecule has 0 radical (unpaired) electrons. The summed E-state index contributed by atoms with van der Waals surface area (Å²) in [6.07, 6.45) is 2.26. The number of hydrogen-bond donors (Lipinski definition) is 0. The first kappa shape index (κ1) is 14.1. The van der Waals surface area contributed by atoms with Crippen molar-refractivity contribution in [3.63, 3.8) is 0 Å². The second kappa shape index (κ2) is 7.36. The van der Waals surface area contributed by atoms with Crippen LogP contribution in [0, 0.1) is 5.92 Å². The molecular weight excluding hydrogens is 228 g/mol. The number of ether oxygens (including phenoxy) is 2. The van der Waals surface area contributed by atoms with Gasteiger partial charge in [0, 0.05) is 21.3 Å². The number of hydrogen-bond acceptors (Lipinski definition) is 5. The first-order valence-corrected chi connectivity index (χ1v) is 6.94. The second-order valence-corrected chi connectivity index (χ2v) is 6.03. The van der Waals surface area contributed by atoms with Crippen LogP contribution in [0.3, 0.4) is 0 Å². The van der Waals surface area contributed by atoms with Crippen LogP contribution in [0.25, 0.3) is 0 Å². The van der Waals surface area contributed by atoms with E-state index in [1.807, 2.05) is 0 Å². The highest BCUT2D eigenvalue weighted by Gasteiger charge is 2.35. The van der Waals surface area contributed by atoms with Crippen molar-refractivity contribution in [3.05, 3.63) is 0 Å². The average molecular weight is 250 g/mol. The first-order valence-electron chi connectivity index (χ1n) is 5.52. The first-order chi connectivity index (χ1) is 7.71. The monoisotopic (exact) mass is 250 g/mol. The summed E-state index contributed by atoms with van der Waals surface area (Å²) in [5.74, 6) is 0.809. The van der Waals surface area contributed by atoms with Crippen LogP contribution in [0.4, 0.5) is 0 Å². The maximum absolute atomic E-state index is 5.46. The van der Waals surface area contributed by atoms with E-state index in [0.29, 0.717) is 12.2 Å². The van der Waals surface area contributed by atoms with Crippen molar-refractivity contribution >= 4 is 9.53 Å². The van der Waals surface area contributed by atoms with Gasteiger partial charge in [0.25, 0.3) is 0 Å². The van der Waals surface area contributed by atoms with Gasteiger partial charge in [0.1, 0.15) is 6.10 Å². The van der Waals surface area contributed by atoms with Crippen LogP contribution in [0.2, 0.25) is 0 Å². The molecule has 1 saturated carbocycles. The van der Waals surface area contributed by atoms with E-state index in [1.54, 1.807) is 21.3 Å². The van der Waals surface area contributed by atoms with Gasteiger partial charge in [-0.15, -0.1) is 0 Å². The van der Waals surface area contributed by atoms with Gasteiger partial charge in [-0.25, -0.2) is 0 Å². The number of epoxide rings is 1. The van der Waals surface area contributed by atoms with E-state index >= 15 is 0 Å². The van der Waals surface area contributed by atoms with E-state index < -0.39 is 9.53 Å². The van der Waals surface area contributed by atoms with Crippen molar-refractivity contribution in [1.82, 2.24) is 0 Å². The van der Waals surface area contributed by atoms with Gasteiger partial charge in [-0.05, 0) is 12.3 Å². The molecule has 1 saturated heterocycles. The fourth-order valence-corrected chi connectivity index (χ4v) is 1.78. The summed E-state index contributed by atoms with van der Waals surface area (Å²) in [4.78, 5) is 0. The maximum Gasteiger partial charge on any atom is 0.483 e. The summed E-state index contributed by atoms with van der Waals surface area (Å²) in [6, 6.07) is 0. The predicted octanol–water partition coefficient (Wildman–Crippen LogP) is 0.453. The van der Waals surface area contributed by atoms with E-state index in [2.05, 4.69) is 6.92 Å². The minimum absolute atomic E-state index is 0.442. The normalized spacial score (nSPS) is 30.9. The minimum Gasteiger partial charge on any atom is -0.379 e. The highest BCUT2D eigenvalue weighted by Crippen LogP contribution is 2.33. The zero-order valence-corrected chi connectivity index (χ0v) is 11.6. The predicted molar refractivity (Wildman–Crippen MR) is 61.4 cm³/mol. The summed E-state index contributed by atoms with van der Waals surface area (Å²) in [7, 11) is 3.05. The summed E-state index contributed by atoms with van der Waals surface area (Å²) in [5.41, 5.74) is 0. The van der Waals surface area contributed by atoms with Crippen molar-refractivity contribution in [1.29, 1.82) is 0 Å². The maximum atomic E-state index is 5.46. The van der Waals surface area contributed by atoms with Crippen molar-refractivity contribution in [2.75, 3.05) is 34.5 Å². The highest BCUT2D eigenvalue weighted by atomic mass is 28.3. The molecule has 1 aliphatic heterocycles. The fraction of sp³-hybridized carbons (Fsp3) is 1.00. The Balaban J connectivity index is 0.000000168. The Labute approximate surface area is 98.9 Å². The van der Waals surface area contributed by atoms with E-state index in [9.17, 15) is 0 Å².